The van der Waals surface area contributed by atoms with Crippen LogP contribution in [0.2, 0.25) is 0 Å². The average molecular weight is 491 g/mol. The van der Waals surface area contributed by atoms with Crippen LogP contribution >= 0.6 is 24.0 Å². The molecule has 0 saturated carbocycles. The van der Waals surface area contributed by atoms with Gasteiger partial charge in [0.1, 0.15) is 30.1 Å². The Morgan fingerprint density at radius 2 is 1.63 bits per heavy atom. The van der Waals surface area contributed by atoms with Crippen LogP contribution in [0.15, 0.2) is 53.5 Å². The monoisotopic (exact) mass is 491 g/mol. The van der Waals surface area contributed by atoms with Crippen LogP contribution in [0.4, 0.5) is 8.78 Å². The fourth-order valence-corrected chi connectivity index (χ4v) is 2.10. The molecule has 27 heavy (non-hydrogen) atoms. The molecule has 5 nitrogen and oxygen atoms in total. The van der Waals surface area contributed by atoms with Crippen molar-refractivity contribution in [2.45, 2.75) is 19.6 Å². The minimum absolute atomic E-state index is 0. The fourth-order valence-electron chi connectivity index (χ4n) is 2.10. The zero-order valence-corrected chi connectivity index (χ0v) is 17.3. The van der Waals surface area contributed by atoms with E-state index < -0.39 is 6.10 Å². The van der Waals surface area contributed by atoms with Crippen LogP contribution in [0, 0.1) is 11.6 Å². The molecular formula is C19H24F2IN3O2. The van der Waals surface area contributed by atoms with Gasteiger partial charge in [-0.2, -0.15) is 0 Å². The van der Waals surface area contributed by atoms with Crippen molar-refractivity contribution >= 4 is 29.9 Å². The Labute approximate surface area is 174 Å². The maximum atomic E-state index is 12.9. The molecule has 0 aliphatic rings. The Morgan fingerprint density at radius 1 is 1.04 bits per heavy atom. The van der Waals surface area contributed by atoms with Crippen molar-refractivity contribution in [2.24, 2.45) is 4.99 Å². The zero-order chi connectivity index (χ0) is 18.8. The van der Waals surface area contributed by atoms with Gasteiger partial charge in [0.05, 0.1) is 6.54 Å². The predicted octanol–water partition coefficient (Wildman–Crippen LogP) is 3.08. The van der Waals surface area contributed by atoms with Crippen LogP contribution in [-0.4, -0.2) is 36.9 Å². The van der Waals surface area contributed by atoms with Crippen LogP contribution in [-0.2, 0) is 6.54 Å². The van der Waals surface area contributed by atoms with Crippen LogP contribution in [0.1, 0.15) is 12.5 Å². The van der Waals surface area contributed by atoms with Gasteiger partial charge in [-0.05, 0) is 48.9 Å². The number of rotatable bonds is 8. The van der Waals surface area contributed by atoms with Crippen molar-refractivity contribution in [2.75, 3.05) is 19.7 Å². The number of halogens is 3. The largest absolute Gasteiger partial charge is 0.491 e. The quantitative estimate of drug-likeness (QED) is 0.302. The van der Waals surface area contributed by atoms with E-state index in [0.717, 1.165) is 5.56 Å². The molecule has 1 unspecified atom stereocenters. The zero-order valence-electron chi connectivity index (χ0n) is 15.0. The second-order valence-corrected chi connectivity index (χ2v) is 5.62. The Morgan fingerprint density at radius 3 is 2.22 bits per heavy atom. The summed E-state index contributed by atoms with van der Waals surface area (Å²) in [5, 5.41) is 16.1. The number of benzene rings is 2. The Bertz CT molecular complexity index is 697. The Kier molecular flexibility index (Phi) is 10.6. The van der Waals surface area contributed by atoms with Crippen molar-refractivity contribution < 1.29 is 18.6 Å². The number of hydrogen-bond acceptors (Lipinski definition) is 3. The summed E-state index contributed by atoms with van der Waals surface area (Å²) < 4.78 is 31.1. The third kappa shape index (κ3) is 9.00. The van der Waals surface area contributed by atoms with Crippen molar-refractivity contribution in [3.8, 4) is 5.75 Å². The van der Waals surface area contributed by atoms with E-state index in [1.54, 1.807) is 12.1 Å². The molecule has 0 aliphatic heterocycles. The van der Waals surface area contributed by atoms with Crippen molar-refractivity contribution in [1.29, 1.82) is 0 Å². The summed E-state index contributed by atoms with van der Waals surface area (Å²) in [6.45, 7) is 3.28. The Hall–Kier alpha value is -1.94. The molecule has 0 bridgehead atoms. The SMILES string of the molecule is CCNC(=NCc1ccc(F)cc1)NCC(O)COc1ccc(F)cc1.I. The number of nitrogens with zero attached hydrogens (tertiary/aromatic N) is 1. The molecule has 0 aromatic heterocycles. The van der Waals surface area contributed by atoms with Gasteiger partial charge in [0.25, 0.3) is 0 Å². The second kappa shape index (κ2) is 12.4. The van der Waals surface area contributed by atoms with E-state index in [0.29, 0.717) is 24.8 Å². The summed E-state index contributed by atoms with van der Waals surface area (Å²) in [5.41, 5.74) is 0.879. The number of hydrogen-bond donors (Lipinski definition) is 3. The van der Waals surface area contributed by atoms with E-state index >= 15 is 0 Å². The van der Waals surface area contributed by atoms with Gasteiger partial charge < -0.3 is 20.5 Å². The molecule has 0 spiro atoms. The lowest BCUT2D eigenvalue weighted by molar-refractivity contribution is 0.110. The lowest BCUT2D eigenvalue weighted by Gasteiger charge is -2.16. The lowest BCUT2D eigenvalue weighted by atomic mass is 10.2. The highest BCUT2D eigenvalue weighted by Gasteiger charge is 2.07. The summed E-state index contributed by atoms with van der Waals surface area (Å²) in [7, 11) is 0. The van der Waals surface area contributed by atoms with Crippen LogP contribution in [0.5, 0.6) is 5.75 Å². The minimum Gasteiger partial charge on any atom is -0.491 e. The van der Waals surface area contributed by atoms with Crippen LogP contribution in [0.3, 0.4) is 0 Å². The molecule has 0 fully saturated rings. The summed E-state index contributed by atoms with van der Waals surface area (Å²) in [4.78, 5) is 4.39. The highest BCUT2D eigenvalue weighted by molar-refractivity contribution is 14.0. The minimum atomic E-state index is -0.769. The molecule has 0 aliphatic carbocycles. The molecule has 0 amide bonds. The van der Waals surface area contributed by atoms with Gasteiger partial charge in [-0.15, -0.1) is 24.0 Å². The number of aliphatic imine (C=N–C) groups is 1. The number of guanidine groups is 1. The topological polar surface area (TPSA) is 65.9 Å². The smallest absolute Gasteiger partial charge is 0.191 e. The first-order chi connectivity index (χ1) is 12.6. The molecule has 2 aromatic carbocycles. The van der Waals surface area contributed by atoms with Gasteiger partial charge in [-0.1, -0.05) is 12.1 Å². The first-order valence-electron chi connectivity index (χ1n) is 8.40. The fraction of sp³-hybridized carbons (Fsp3) is 0.316. The van der Waals surface area contributed by atoms with E-state index in [1.165, 1.54) is 36.4 Å². The summed E-state index contributed by atoms with van der Waals surface area (Å²) >= 11 is 0. The maximum Gasteiger partial charge on any atom is 0.191 e. The predicted molar refractivity (Wildman–Crippen MR) is 113 cm³/mol. The number of aliphatic hydroxyl groups is 1. The van der Waals surface area contributed by atoms with Gasteiger partial charge >= 0.3 is 0 Å². The second-order valence-electron chi connectivity index (χ2n) is 5.62. The van der Waals surface area contributed by atoms with Gasteiger partial charge in [0.2, 0.25) is 0 Å². The standard InChI is InChI=1S/C19H23F2N3O2.HI/c1-2-22-19(23-11-14-3-5-15(20)6-4-14)24-12-17(25)13-26-18-9-7-16(21)8-10-18;/h3-10,17,25H,2,11-13H2,1H3,(H2,22,23,24);1H. The Balaban J connectivity index is 0.00000364. The van der Waals surface area contributed by atoms with E-state index in [-0.39, 0.29) is 48.8 Å². The van der Waals surface area contributed by atoms with Crippen LogP contribution in [0.25, 0.3) is 0 Å². The first kappa shape index (κ1) is 23.1. The average Bonchev–Trinajstić information content (AvgIpc) is 2.65. The van der Waals surface area contributed by atoms with Crippen LogP contribution < -0.4 is 15.4 Å². The molecule has 0 saturated heterocycles. The van der Waals surface area contributed by atoms with Crippen molar-refractivity contribution in [3.05, 3.63) is 65.7 Å². The maximum absolute atomic E-state index is 12.9. The van der Waals surface area contributed by atoms with E-state index in [4.69, 9.17) is 4.74 Å². The highest BCUT2D eigenvalue weighted by Crippen LogP contribution is 2.11. The molecule has 3 N–H and O–H groups in total. The van der Waals surface area contributed by atoms with E-state index in [2.05, 4.69) is 15.6 Å². The molecule has 8 heteroatoms. The van der Waals surface area contributed by atoms with Gasteiger partial charge in [-0.3, -0.25) is 0 Å². The summed E-state index contributed by atoms with van der Waals surface area (Å²) in [6.07, 6.45) is -0.769. The highest BCUT2D eigenvalue weighted by atomic mass is 127. The third-order valence-corrected chi connectivity index (χ3v) is 3.44. The molecule has 1 atom stereocenters. The number of nitrogens with one attached hydrogen (secondary N) is 2. The molecule has 2 aromatic rings. The normalized spacial score (nSPS) is 12.1. The molecule has 148 valence electrons. The molecule has 0 radical (unpaired) electrons. The molecule has 2 rings (SSSR count). The summed E-state index contributed by atoms with van der Waals surface area (Å²) in [5.74, 6) is 0.402. The molecular weight excluding hydrogens is 467 g/mol. The third-order valence-electron chi connectivity index (χ3n) is 3.44. The number of ether oxygens (including phenoxy) is 1. The van der Waals surface area contributed by atoms with Gasteiger partial charge in [0, 0.05) is 13.1 Å². The van der Waals surface area contributed by atoms with Gasteiger partial charge in [-0.25, -0.2) is 13.8 Å². The lowest BCUT2D eigenvalue weighted by Crippen LogP contribution is -2.42. The molecule has 0 heterocycles. The van der Waals surface area contributed by atoms with Crippen molar-refractivity contribution in [3.63, 3.8) is 0 Å². The summed E-state index contributed by atoms with van der Waals surface area (Å²) in [6, 6.07) is 11.7. The van der Waals surface area contributed by atoms with Gasteiger partial charge in [0.15, 0.2) is 5.96 Å². The van der Waals surface area contributed by atoms with E-state index in [1.807, 2.05) is 6.92 Å². The van der Waals surface area contributed by atoms with E-state index in [9.17, 15) is 13.9 Å². The first-order valence-corrected chi connectivity index (χ1v) is 8.40. The van der Waals surface area contributed by atoms with Crippen molar-refractivity contribution in [1.82, 2.24) is 10.6 Å². The number of aliphatic hydroxyl groups excluding tert-OH is 1.